The molecule has 0 fully saturated rings. The highest BCUT2D eigenvalue weighted by molar-refractivity contribution is 5.87. The molecule has 0 spiro atoms. The molecule has 1 rings (SSSR count). The number of benzene rings is 1. The van der Waals surface area contributed by atoms with Gasteiger partial charge in [-0.2, -0.15) is 0 Å². The van der Waals surface area contributed by atoms with Crippen LogP contribution >= 0.6 is 0 Å². The molecule has 26 heavy (non-hydrogen) atoms. The average molecular weight is 365 g/mol. The van der Waals surface area contributed by atoms with Gasteiger partial charge in [0, 0.05) is 0 Å². The molecule has 0 heterocycles. The maximum absolute atomic E-state index is 11.9. The summed E-state index contributed by atoms with van der Waals surface area (Å²) in [5.74, 6) is -0.634. The zero-order valence-electron chi connectivity index (χ0n) is 16.2. The molecule has 5 N–H and O–H groups in total. The molecule has 146 valence electrons. The molecule has 1 amide bonds. The van der Waals surface area contributed by atoms with Gasteiger partial charge in [-0.05, 0) is 38.8 Å². The monoisotopic (exact) mass is 365 g/mol. The number of nitrogens with one attached hydrogen (secondary N) is 1. The van der Waals surface area contributed by atoms with Crippen LogP contribution in [0.25, 0.3) is 0 Å². The number of rotatable bonds is 7. The average Bonchev–Trinajstić information content (AvgIpc) is 2.56. The summed E-state index contributed by atoms with van der Waals surface area (Å²) >= 11 is 0. The summed E-state index contributed by atoms with van der Waals surface area (Å²) in [5.41, 5.74) is 11.2. The number of hydrogen-bond donors (Lipinski definition) is 3. The van der Waals surface area contributed by atoms with Gasteiger partial charge in [0.2, 0.25) is 0 Å². The number of ether oxygens (including phenoxy) is 2. The molecule has 0 radical (unpaired) electrons. The third kappa shape index (κ3) is 10.4. The van der Waals surface area contributed by atoms with Crippen molar-refractivity contribution in [2.45, 2.75) is 52.8 Å². The van der Waals surface area contributed by atoms with Gasteiger partial charge < -0.3 is 20.5 Å². The van der Waals surface area contributed by atoms with Crippen molar-refractivity contribution in [2.75, 3.05) is 6.61 Å². The Bertz CT molecular complexity index is 580. The van der Waals surface area contributed by atoms with Crippen molar-refractivity contribution in [3.8, 4) is 0 Å². The second-order valence-electron chi connectivity index (χ2n) is 5.78. The van der Waals surface area contributed by atoms with Gasteiger partial charge in [0.25, 0.3) is 0 Å². The largest absolute Gasteiger partial charge is 0.461 e. The van der Waals surface area contributed by atoms with Crippen LogP contribution in [0.1, 0.15) is 40.2 Å². The van der Waals surface area contributed by atoms with E-state index in [1.165, 1.54) is 6.08 Å². The van der Waals surface area contributed by atoms with Gasteiger partial charge in [-0.3, -0.25) is 5.73 Å². The molecule has 7 nitrogen and oxygen atoms in total. The first-order chi connectivity index (χ1) is 12.2. The van der Waals surface area contributed by atoms with Crippen molar-refractivity contribution in [1.29, 1.82) is 0 Å². The quantitative estimate of drug-likeness (QED) is 0.388. The van der Waals surface area contributed by atoms with Crippen molar-refractivity contribution in [3.05, 3.63) is 47.7 Å². The first-order valence-corrected chi connectivity index (χ1v) is 8.68. The van der Waals surface area contributed by atoms with Crippen LogP contribution in [0.4, 0.5) is 4.79 Å². The van der Waals surface area contributed by atoms with Crippen LogP contribution in [0.5, 0.6) is 0 Å². The fourth-order valence-corrected chi connectivity index (χ4v) is 1.94. The van der Waals surface area contributed by atoms with Crippen molar-refractivity contribution in [2.24, 2.45) is 11.5 Å². The molecule has 0 bridgehead atoms. The molecule has 1 unspecified atom stereocenters. The van der Waals surface area contributed by atoms with Crippen molar-refractivity contribution in [1.82, 2.24) is 5.32 Å². The molecule has 0 aliphatic carbocycles. The minimum absolute atomic E-state index is 0.0786. The Morgan fingerprint density at radius 1 is 1.23 bits per heavy atom. The molecule has 0 saturated heterocycles. The van der Waals surface area contributed by atoms with E-state index >= 15 is 0 Å². The van der Waals surface area contributed by atoms with Gasteiger partial charge >= 0.3 is 12.1 Å². The van der Waals surface area contributed by atoms with Gasteiger partial charge in [0.15, 0.2) is 5.72 Å². The lowest BCUT2D eigenvalue weighted by Gasteiger charge is -2.22. The van der Waals surface area contributed by atoms with Crippen LogP contribution in [0.15, 0.2) is 42.1 Å². The third-order valence-electron chi connectivity index (χ3n) is 2.85. The highest BCUT2D eigenvalue weighted by Gasteiger charge is 2.20. The van der Waals surface area contributed by atoms with Crippen LogP contribution in [0.3, 0.4) is 0 Å². The van der Waals surface area contributed by atoms with E-state index in [0.717, 1.165) is 5.56 Å². The number of amides is 1. The molecule has 0 aliphatic rings. The highest BCUT2D eigenvalue weighted by Crippen LogP contribution is 2.07. The second-order valence-corrected chi connectivity index (χ2v) is 5.78. The smallest absolute Gasteiger partial charge is 0.409 e. The van der Waals surface area contributed by atoms with Crippen molar-refractivity contribution in [3.63, 3.8) is 0 Å². The fraction of sp³-hybridized carbons (Fsp3) is 0.474. The summed E-state index contributed by atoms with van der Waals surface area (Å²) < 4.78 is 9.88. The lowest BCUT2D eigenvalue weighted by molar-refractivity contribution is -0.138. The van der Waals surface area contributed by atoms with Crippen LogP contribution in [0, 0.1) is 0 Å². The van der Waals surface area contributed by atoms with E-state index < -0.39 is 23.8 Å². The number of hydrogen-bond acceptors (Lipinski definition) is 6. The molecule has 7 heteroatoms. The van der Waals surface area contributed by atoms with Crippen molar-refractivity contribution < 1.29 is 19.1 Å². The third-order valence-corrected chi connectivity index (χ3v) is 2.85. The zero-order valence-corrected chi connectivity index (χ0v) is 16.2. The van der Waals surface area contributed by atoms with Crippen LogP contribution < -0.4 is 16.8 Å². The molecule has 1 aromatic rings. The summed E-state index contributed by atoms with van der Waals surface area (Å²) in [6, 6.07) is 8.91. The molecule has 0 aliphatic heterocycles. The standard InChI is InChI=1S/C17H25N3O4.C2H6/c1-4-23-15(21)14(18)11-13(10-12-8-6-5-7-9-12)20-16(22)24-17(2,3)19;1-2/h5-9,11,13H,4,10,18-19H2,1-3H3,(H,20,22);1-2H3/b14-11-;. The molecule has 1 atom stereocenters. The van der Waals surface area contributed by atoms with Crippen LogP contribution in [-0.4, -0.2) is 30.4 Å². The topological polar surface area (TPSA) is 117 Å². The lowest BCUT2D eigenvalue weighted by Crippen LogP contribution is -2.44. The van der Waals surface area contributed by atoms with Gasteiger partial charge in [-0.25, -0.2) is 9.59 Å². The summed E-state index contributed by atoms with van der Waals surface area (Å²) in [4.78, 5) is 23.6. The Kier molecular flexibility index (Phi) is 10.8. The number of carbonyl (C=O) groups is 2. The second kappa shape index (κ2) is 11.9. The molecule has 0 aromatic heterocycles. The Hall–Kier alpha value is -2.54. The predicted octanol–water partition coefficient (Wildman–Crippen LogP) is 2.45. The van der Waals surface area contributed by atoms with Gasteiger partial charge in [0.1, 0.15) is 5.70 Å². The Balaban J connectivity index is 0.00000301. The Labute approximate surface area is 155 Å². The summed E-state index contributed by atoms with van der Waals surface area (Å²) in [6.07, 6.45) is 1.17. The van der Waals surface area contributed by atoms with E-state index in [0.29, 0.717) is 6.42 Å². The predicted molar refractivity (Wildman–Crippen MR) is 102 cm³/mol. The zero-order chi connectivity index (χ0) is 20.2. The van der Waals surface area contributed by atoms with E-state index in [9.17, 15) is 9.59 Å². The number of alkyl carbamates (subject to hydrolysis) is 1. The number of nitrogens with two attached hydrogens (primary N) is 2. The first-order valence-electron chi connectivity index (χ1n) is 8.68. The van der Waals surface area contributed by atoms with Crippen LogP contribution in [-0.2, 0) is 20.7 Å². The molecule has 1 aromatic carbocycles. The van der Waals surface area contributed by atoms with Crippen molar-refractivity contribution >= 4 is 12.1 Å². The van der Waals surface area contributed by atoms with E-state index in [2.05, 4.69) is 5.32 Å². The van der Waals surface area contributed by atoms with E-state index in [1.807, 2.05) is 44.2 Å². The minimum Gasteiger partial charge on any atom is -0.461 e. The van der Waals surface area contributed by atoms with Crippen LogP contribution in [0.2, 0.25) is 0 Å². The molecule has 0 saturated carbocycles. The van der Waals surface area contributed by atoms with E-state index in [4.69, 9.17) is 20.9 Å². The summed E-state index contributed by atoms with van der Waals surface area (Å²) in [5, 5.41) is 2.64. The minimum atomic E-state index is -1.11. The Morgan fingerprint density at radius 2 is 1.81 bits per heavy atom. The maximum Gasteiger partial charge on any atom is 0.409 e. The maximum atomic E-state index is 11.9. The highest BCUT2D eigenvalue weighted by atomic mass is 16.6. The molecular weight excluding hydrogens is 334 g/mol. The first kappa shape index (κ1) is 23.5. The lowest BCUT2D eigenvalue weighted by atomic mass is 10.1. The fourth-order valence-electron chi connectivity index (χ4n) is 1.94. The molecular formula is C19H31N3O4. The normalized spacial score (nSPS) is 12.3. The van der Waals surface area contributed by atoms with Gasteiger partial charge in [-0.15, -0.1) is 0 Å². The van der Waals surface area contributed by atoms with E-state index in [-0.39, 0.29) is 12.3 Å². The number of carbonyl (C=O) groups excluding carboxylic acids is 2. The van der Waals surface area contributed by atoms with E-state index in [1.54, 1.807) is 20.8 Å². The Morgan fingerprint density at radius 3 is 2.31 bits per heavy atom. The van der Waals surface area contributed by atoms with Gasteiger partial charge in [-0.1, -0.05) is 44.2 Å². The van der Waals surface area contributed by atoms with Gasteiger partial charge in [0.05, 0.1) is 12.6 Å². The summed E-state index contributed by atoms with van der Waals surface area (Å²) in [6.45, 7) is 9.02. The summed E-state index contributed by atoms with van der Waals surface area (Å²) in [7, 11) is 0. The number of esters is 1. The SMILES string of the molecule is CC.CCOC(=O)/C(N)=C/C(Cc1ccccc1)NC(=O)OC(C)(C)N.